The number of hydrogen-bond donors (Lipinski definition) is 2. The molecule has 3 aliphatic rings. The second kappa shape index (κ2) is 17.1. The van der Waals surface area contributed by atoms with Crippen LogP contribution >= 0.6 is 0 Å². The van der Waals surface area contributed by atoms with Gasteiger partial charge in [-0.2, -0.15) is 0 Å². The van der Waals surface area contributed by atoms with E-state index in [-0.39, 0.29) is 24.1 Å². The molecule has 0 aromatic heterocycles. The van der Waals surface area contributed by atoms with Gasteiger partial charge in [0.05, 0.1) is 45.3 Å². The number of ether oxygens (including phenoxy) is 2. The third-order valence-electron chi connectivity index (χ3n) is 11.4. The number of carbonyl (C=O) groups excluding carboxylic acids is 2. The van der Waals surface area contributed by atoms with Gasteiger partial charge in [0.15, 0.2) is 0 Å². The predicted molar refractivity (Wildman–Crippen MR) is 214 cm³/mol. The summed E-state index contributed by atoms with van der Waals surface area (Å²) in [7, 11) is 0. The molecule has 0 radical (unpaired) electrons. The Hall–Kier alpha value is -4.20. The van der Waals surface area contributed by atoms with Gasteiger partial charge in [-0.25, -0.2) is 9.59 Å². The van der Waals surface area contributed by atoms with Crippen LogP contribution in [0.5, 0.6) is 0 Å². The van der Waals surface area contributed by atoms with Gasteiger partial charge in [-0.1, -0.05) is 78.6 Å². The van der Waals surface area contributed by atoms with Gasteiger partial charge < -0.3 is 20.1 Å². The van der Waals surface area contributed by atoms with Crippen molar-refractivity contribution >= 4 is 46.1 Å². The van der Waals surface area contributed by atoms with Crippen molar-refractivity contribution in [2.24, 2.45) is 45.5 Å². The lowest BCUT2D eigenvalue weighted by molar-refractivity contribution is -0.151. The molecule has 0 unspecified atom stereocenters. The van der Waals surface area contributed by atoms with E-state index in [1.54, 1.807) is 0 Å². The first kappa shape index (κ1) is 39.0. The van der Waals surface area contributed by atoms with Crippen LogP contribution in [-0.2, 0) is 19.1 Å². The van der Waals surface area contributed by atoms with Crippen molar-refractivity contribution in [3.05, 3.63) is 71.1 Å². The molecule has 0 amide bonds. The van der Waals surface area contributed by atoms with E-state index in [2.05, 4.69) is 52.2 Å². The third-order valence-corrected chi connectivity index (χ3v) is 11.4. The Labute approximate surface area is 311 Å². The zero-order chi connectivity index (χ0) is 37.7. The number of allylic oxidation sites excluding steroid dienone is 2. The lowest BCUT2D eigenvalue weighted by atomic mass is 9.75. The molecule has 1 heterocycles. The first-order chi connectivity index (χ1) is 24.7. The number of benzene rings is 2. The highest BCUT2D eigenvalue weighted by molar-refractivity contribution is 6.22. The van der Waals surface area contributed by atoms with Crippen LogP contribution in [0.15, 0.2) is 81.1 Å². The van der Waals surface area contributed by atoms with Crippen LogP contribution in [0.4, 0.5) is 22.7 Å². The van der Waals surface area contributed by atoms with Crippen molar-refractivity contribution in [1.29, 1.82) is 0 Å². The highest BCUT2D eigenvalue weighted by Gasteiger charge is 2.36. The maximum Gasteiger partial charge on any atom is 0.342 e. The fourth-order valence-corrected chi connectivity index (χ4v) is 8.39. The van der Waals surface area contributed by atoms with Gasteiger partial charge in [0.2, 0.25) is 0 Å². The molecular formula is C44H60N4O4. The summed E-state index contributed by atoms with van der Waals surface area (Å²) in [4.78, 5) is 38.7. The number of carbonyl (C=O) groups is 2. The van der Waals surface area contributed by atoms with E-state index in [1.165, 1.54) is 0 Å². The molecule has 2 fully saturated rings. The molecule has 0 bridgehead atoms. The Morgan fingerprint density at radius 3 is 1.35 bits per heavy atom. The number of esters is 2. The van der Waals surface area contributed by atoms with Gasteiger partial charge in [0.1, 0.15) is 12.2 Å². The highest BCUT2D eigenvalue weighted by Crippen LogP contribution is 2.38. The Morgan fingerprint density at radius 2 is 0.981 bits per heavy atom. The molecule has 280 valence electrons. The van der Waals surface area contributed by atoms with Crippen LogP contribution in [0.25, 0.3) is 0 Å². The molecular weight excluding hydrogens is 649 g/mol. The first-order valence-electron chi connectivity index (χ1n) is 19.4. The molecule has 2 aliphatic carbocycles. The zero-order valence-electron chi connectivity index (χ0n) is 33.0. The van der Waals surface area contributed by atoms with Crippen LogP contribution in [0, 0.1) is 35.5 Å². The fraction of sp³-hybridized carbons (Fsp3) is 0.545. The largest absolute Gasteiger partial charge is 0.458 e. The molecule has 5 rings (SSSR count). The van der Waals surface area contributed by atoms with Gasteiger partial charge in [-0.05, 0) is 113 Å². The summed E-state index contributed by atoms with van der Waals surface area (Å²) < 4.78 is 12.8. The van der Waals surface area contributed by atoms with Gasteiger partial charge in [0.25, 0.3) is 0 Å². The van der Waals surface area contributed by atoms with Gasteiger partial charge in [0, 0.05) is 11.4 Å². The maximum absolute atomic E-state index is 14.3. The van der Waals surface area contributed by atoms with Crippen LogP contribution in [-0.4, -0.2) is 35.6 Å². The number of anilines is 2. The topological polar surface area (TPSA) is 101 Å². The molecule has 2 saturated carbocycles. The molecule has 0 spiro atoms. The van der Waals surface area contributed by atoms with E-state index in [4.69, 9.17) is 19.5 Å². The summed E-state index contributed by atoms with van der Waals surface area (Å²) in [5, 5.41) is 6.97. The maximum atomic E-state index is 14.3. The molecule has 1 aliphatic heterocycles. The lowest BCUT2D eigenvalue weighted by Gasteiger charge is -2.37. The number of nitrogens with zero attached hydrogens (tertiary/aromatic N) is 2. The van der Waals surface area contributed by atoms with E-state index in [0.29, 0.717) is 92.2 Å². The molecule has 2 aromatic carbocycles. The summed E-state index contributed by atoms with van der Waals surface area (Å²) >= 11 is 0. The summed E-state index contributed by atoms with van der Waals surface area (Å²) in [5.74, 6) is 1.64. The average molecular weight is 709 g/mol. The summed E-state index contributed by atoms with van der Waals surface area (Å²) in [6.45, 7) is 20.8. The lowest BCUT2D eigenvalue weighted by Crippen LogP contribution is -2.37. The molecule has 0 saturated heterocycles. The average Bonchev–Trinajstić information content (AvgIpc) is 3.06. The number of para-hydroxylation sites is 4. The van der Waals surface area contributed by atoms with Crippen LogP contribution in [0.3, 0.4) is 0 Å². The minimum Gasteiger partial charge on any atom is -0.458 e. The Kier molecular flexibility index (Phi) is 12.8. The number of rotatable bonds is 6. The van der Waals surface area contributed by atoms with Crippen molar-refractivity contribution in [2.45, 2.75) is 120 Å². The second-order valence-corrected chi connectivity index (χ2v) is 16.2. The van der Waals surface area contributed by atoms with Crippen LogP contribution < -0.4 is 10.6 Å². The Morgan fingerprint density at radius 1 is 0.615 bits per heavy atom. The van der Waals surface area contributed by atoms with Gasteiger partial charge >= 0.3 is 11.9 Å². The SMILES string of the molecule is CC1=Nc2ccccc2N/C(C)=C(\C(=O)O[C@@H]2C[C@H](C)CC[C@H]2C(C)C)C(C)=Nc2ccccc2N/C(C)=C/1C(=O)O[C@@H]1C[C@H](C)CC[C@H]1C(C)C. The van der Waals surface area contributed by atoms with Gasteiger partial charge in [-0.15, -0.1) is 0 Å². The summed E-state index contributed by atoms with van der Waals surface area (Å²) in [6, 6.07) is 15.3. The fourth-order valence-electron chi connectivity index (χ4n) is 8.39. The molecule has 8 heteroatoms. The molecule has 52 heavy (non-hydrogen) atoms. The number of fused-ring (bicyclic) bond motifs is 2. The molecule has 2 N–H and O–H groups in total. The van der Waals surface area contributed by atoms with Crippen LogP contribution in [0.1, 0.15) is 108 Å². The normalized spacial score (nSPS) is 28.7. The quantitative estimate of drug-likeness (QED) is 0.290. The number of hydrogen-bond acceptors (Lipinski definition) is 8. The summed E-state index contributed by atoms with van der Waals surface area (Å²) in [5.41, 5.74) is 5.69. The van der Waals surface area contributed by atoms with Crippen molar-refractivity contribution in [2.75, 3.05) is 10.6 Å². The highest BCUT2D eigenvalue weighted by atomic mass is 16.5. The van der Waals surface area contributed by atoms with E-state index in [0.717, 1.165) is 38.5 Å². The van der Waals surface area contributed by atoms with Crippen molar-refractivity contribution in [3.8, 4) is 0 Å². The van der Waals surface area contributed by atoms with Crippen molar-refractivity contribution in [1.82, 2.24) is 0 Å². The molecule has 8 nitrogen and oxygen atoms in total. The summed E-state index contributed by atoms with van der Waals surface area (Å²) in [6.07, 6.45) is 5.76. The Balaban J connectivity index is 1.60. The minimum atomic E-state index is -0.386. The Bertz CT molecular complexity index is 1620. The smallest absolute Gasteiger partial charge is 0.342 e. The molecule has 6 atom stereocenters. The monoisotopic (exact) mass is 708 g/mol. The standard InChI is InChI=1S/C44H60N4O4/c1-25(2)33-21-19-27(5)23-39(33)51-43(49)41-29(7)45-35-15-11-13-17-37(35)47-31(9)42(32(10)48-38-18-14-12-16-36(38)46-30(41)8)44(50)52-40-24-28(6)20-22-34(40)26(3)4/h11-18,25-28,33-34,39-40,45,48H,19-24H2,1-10H3/b41-29-,42-32-,46-30?,47-31?/t27-,28-,33+,34+,39-,40-/m1/s1. The first-order valence-corrected chi connectivity index (χ1v) is 19.4. The number of nitrogens with one attached hydrogen (secondary N) is 2. The second-order valence-electron chi connectivity index (χ2n) is 16.2. The van der Waals surface area contributed by atoms with E-state index >= 15 is 0 Å². The number of aliphatic imine (C=N–C) groups is 2. The third kappa shape index (κ3) is 9.23. The van der Waals surface area contributed by atoms with E-state index in [9.17, 15) is 9.59 Å². The van der Waals surface area contributed by atoms with Crippen LogP contribution in [0.2, 0.25) is 0 Å². The van der Waals surface area contributed by atoms with E-state index < -0.39 is 0 Å². The van der Waals surface area contributed by atoms with E-state index in [1.807, 2.05) is 76.2 Å². The zero-order valence-corrected chi connectivity index (χ0v) is 33.0. The van der Waals surface area contributed by atoms with Crippen molar-refractivity contribution < 1.29 is 19.1 Å². The predicted octanol–water partition coefficient (Wildman–Crippen LogP) is 11.0. The van der Waals surface area contributed by atoms with Gasteiger partial charge in [-0.3, -0.25) is 9.98 Å². The van der Waals surface area contributed by atoms with Crippen molar-refractivity contribution in [3.63, 3.8) is 0 Å². The minimum absolute atomic E-state index is 0.162. The molecule has 2 aromatic rings.